The van der Waals surface area contributed by atoms with Crippen molar-refractivity contribution in [2.24, 2.45) is 0 Å². The first kappa shape index (κ1) is 23.8. The number of nitrogens with one attached hydrogen (secondary N) is 1. The highest BCUT2D eigenvalue weighted by atomic mass is 16.1. The summed E-state index contributed by atoms with van der Waals surface area (Å²) in [6.07, 6.45) is 8.30. The van der Waals surface area contributed by atoms with E-state index in [-0.39, 0.29) is 5.78 Å². The van der Waals surface area contributed by atoms with Crippen LogP contribution in [0, 0.1) is 0 Å². The zero-order valence-corrected chi connectivity index (χ0v) is 19.9. The number of aromatic nitrogens is 2. The van der Waals surface area contributed by atoms with Crippen LogP contribution < -0.4 is 5.32 Å². The maximum Gasteiger partial charge on any atom is 0.181 e. The van der Waals surface area contributed by atoms with Gasteiger partial charge in [0.15, 0.2) is 5.78 Å². The maximum atomic E-state index is 12.7. The van der Waals surface area contributed by atoms with E-state index in [1.807, 2.05) is 66.7 Å². The fourth-order valence-corrected chi connectivity index (χ4v) is 3.96. The zero-order chi connectivity index (χ0) is 23.6. The first-order valence-electron chi connectivity index (χ1n) is 12.0. The van der Waals surface area contributed by atoms with Crippen LogP contribution in [0.3, 0.4) is 0 Å². The fourth-order valence-electron chi connectivity index (χ4n) is 3.96. The monoisotopic (exact) mass is 455 g/mol. The Labute approximate surface area is 202 Å². The average molecular weight is 456 g/mol. The number of unbranched alkanes of at least 4 members (excludes halogenated alkanes) is 1. The van der Waals surface area contributed by atoms with Gasteiger partial charge in [-0.05, 0) is 74.5 Å². The quantitative estimate of drug-likeness (QED) is 0.343. The molecule has 1 aliphatic heterocycles. The summed E-state index contributed by atoms with van der Waals surface area (Å²) in [4.78, 5) is 26.4. The number of carbonyl (C=O) groups is 1. The van der Waals surface area contributed by atoms with E-state index in [4.69, 9.17) is 0 Å². The van der Waals surface area contributed by atoms with E-state index in [0.29, 0.717) is 17.9 Å². The predicted octanol–water partition coefficient (Wildman–Crippen LogP) is 4.99. The number of pyridine rings is 2. The molecule has 3 aromatic rings. The second kappa shape index (κ2) is 12.2. The summed E-state index contributed by atoms with van der Waals surface area (Å²) in [7, 11) is 2.17. The van der Waals surface area contributed by atoms with Gasteiger partial charge in [0.1, 0.15) is 11.5 Å². The number of carbonyl (C=O) groups excluding carboxylic acids is 1. The number of anilines is 2. The Kier molecular flexibility index (Phi) is 8.54. The predicted molar refractivity (Wildman–Crippen MR) is 139 cm³/mol. The number of hydrogen-bond donors (Lipinski definition) is 1. The summed E-state index contributed by atoms with van der Waals surface area (Å²) in [5.41, 5.74) is 3.47. The molecule has 1 aliphatic rings. The molecule has 0 bridgehead atoms. The van der Waals surface area contributed by atoms with Crippen molar-refractivity contribution in [3.05, 3.63) is 83.8 Å². The molecule has 0 atom stereocenters. The number of nitrogens with zero attached hydrogens (tertiary/aromatic N) is 4. The second-order valence-corrected chi connectivity index (χ2v) is 8.77. The van der Waals surface area contributed by atoms with Crippen molar-refractivity contribution in [3.8, 4) is 0 Å². The molecule has 0 spiro atoms. The van der Waals surface area contributed by atoms with E-state index in [9.17, 15) is 4.79 Å². The summed E-state index contributed by atoms with van der Waals surface area (Å²) >= 11 is 0. The van der Waals surface area contributed by atoms with E-state index in [1.165, 1.54) is 0 Å². The molecule has 4 rings (SSSR count). The third-order valence-corrected chi connectivity index (χ3v) is 6.08. The van der Waals surface area contributed by atoms with E-state index in [2.05, 4.69) is 32.1 Å². The van der Waals surface area contributed by atoms with Crippen LogP contribution in [-0.2, 0) is 0 Å². The van der Waals surface area contributed by atoms with Gasteiger partial charge >= 0.3 is 0 Å². The molecule has 0 saturated carbocycles. The number of hydrogen-bond acceptors (Lipinski definition) is 6. The molecule has 6 heteroatoms. The SMILES string of the molecule is CN1CCN(CCCCC(=O)c2cccc(Nc3ccc(/C=C/c4ccccn4)cc3)n2)CC1. The number of ketones is 1. The minimum absolute atomic E-state index is 0.108. The van der Waals surface area contributed by atoms with Gasteiger partial charge in [-0.3, -0.25) is 9.78 Å². The minimum atomic E-state index is 0.108. The van der Waals surface area contributed by atoms with E-state index in [0.717, 1.165) is 62.5 Å². The molecule has 0 amide bonds. The standard InChI is InChI=1S/C28H33N5O/c1-32-19-21-33(22-20-32)18-5-3-9-27(34)26-8-6-10-28(31-26)30-25-15-12-23(13-16-25)11-14-24-7-2-4-17-29-24/h2,4,6-8,10-17H,3,5,9,18-22H2,1H3,(H,30,31)/b14-11+. The molecule has 0 aliphatic carbocycles. The lowest BCUT2D eigenvalue weighted by atomic mass is 10.1. The molecule has 1 aromatic carbocycles. The van der Waals surface area contributed by atoms with Crippen LogP contribution in [0.4, 0.5) is 11.5 Å². The van der Waals surface area contributed by atoms with Crippen molar-refractivity contribution in [1.82, 2.24) is 19.8 Å². The third kappa shape index (κ3) is 7.33. The lowest BCUT2D eigenvalue weighted by molar-refractivity contribution is 0.0971. The van der Waals surface area contributed by atoms with Gasteiger partial charge in [0, 0.05) is 44.5 Å². The van der Waals surface area contributed by atoms with Crippen LogP contribution in [-0.4, -0.2) is 65.3 Å². The average Bonchev–Trinajstić information content (AvgIpc) is 2.88. The smallest absolute Gasteiger partial charge is 0.181 e. The molecular weight excluding hydrogens is 422 g/mol. The summed E-state index contributed by atoms with van der Waals surface area (Å²) < 4.78 is 0. The Morgan fingerprint density at radius 3 is 2.53 bits per heavy atom. The van der Waals surface area contributed by atoms with Gasteiger partial charge in [-0.25, -0.2) is 4.98 Å². The van der Waals surface area contributed by atoms with Crippen LogP contribution in [0.2, 0.25) is 0 Å². The summed E-state index contributed by atoms with van der Waals surface area (Å²) in [5, 5.41) is 3.30. The maximum absolute atomic E-state index is 12.7. The van der Waals surface area contributed by atoms with Crippen molar-refractivity contribution >= 4 is 29.4 Å². The highest BCUT2D eigenvalue weighted by Gasteiger charge is 2.14. The first-order valence-corrected chi connectivity index (χ1v) is 12.0. The van der Waals surface area contributed by atoms with Gasteiger partial charge in [0.05, 0.1) is 5.69 Å². The van der Waals surface area contributed by atoms with Gasteiger partial charge < -0.3 is 15.1 Å². The molecule has 1 N–H and O–H groups in total. The Bertz CT molecular complexity index is 1070. The molecule has 3 heterocycles. The highest BCUT2D eigenvalue weighted by molar-refractivity contribution is 5.94. The molecular formula is C28H33N5O. The molecule has 176 valence electrons. The topological polar surface area (TPSA) is 61.4 Å². The van der Waals surface area contributed by atoms with Crippen LogP contribution >= 0.6 is 0 Å². The Hall–Kier alpha value is -3.35. The molecule has 0 radical (unpaired) electrons. The highest BCUT2D eigenvalue weighted by Crippen LogP contribution is 2.18. The molecule has 0 unspecified atom stereocenters. The van der Waals surface area contributed by atoms with Crippen LogP contribution in [0.1, 0.15) is 41.0 Å². The number of benzene rings is 1. The summed E-state index contributed by atoms with van der Waals surface area (Å²) in [6, 6.07) is 19.5. The first-order chi connectivity index (χ1) is 16.7. The summed E-state index contributed by atoms with van der Waals surface area (Å²) in [6.45, 7) is 5.59. The van der Waals surface area contributed by atoms with Crippen molar-refractivity contribution < 1.29 is 4.79 Å². The minimum Gasteiger partial charge on any atom is -0.340 e. The molecule has 1 saturated heterocycles. The lowest BCUT2D eigenvalue weighted by Gasteiger charge is -2.32. The summed E-state index contributed by atoms with van der Waals surface area (Å²) in [5.74, 6) is 0.789. The van der Waals surface area contributed by atoms with Gasteiger partial charge in [-0.2, -0.15) is 0 Å². The Balaban J connectivity index is 1.25. The van der Waals surface area contributed by atoms with Crippen LogP contribution in [0.25, 0.3) is 12.2 Å². The molecule has 34 heavy (non-hydrogen) atoms. The Morgan fingerprint density at radius 1 is 0.941 bits per heavy atom. The molecule has 6 nitrogen and oxygen atoms in total. The molecule has 1 fully saturated rings. The van der Waals surface area contributed by atoms with Crippen molar-refractivity contribution in [3.63, 3.8) is 0 Å². The number of likely N-dealkylation sites (N-methyl/N-ethyl adjacent to an activating group) is 1. The number of Topliss-reactive ketones (excluding diaryl/α,β-unsaturated/α-hetero) is 1. The van der Waals surface area contributed by atoms with Gasteiger partial charge in [0.25, 0.3) is 0 Å². The van der Waals surface area contributed by atoms with Gasteiger partial charge in [0.2, 0.25) is 0 Å². The van der Waals surface area contributed by atoms with Crippen molar-refractivity contribution in [2.75, 3.05) is 45.1 Å². The van der Waals surface area contributed by atoms with Crippen LogP contribution in [0.15, 0.2) is 66.9 Å². The van der Waals surface area contributed by atoms with Gasteiger partial charge in [-0.15, -0.1) is 0 Å². The molecule has 2 aromatic heterocycles. The van der Waals surface area contributed by atoms with Crippen molar-refractivity contribution in [1.29, 1.82) is 0 Å². The van der Waals surface area contributed by atoms with Gasteiger partial charge in [-0.1, -0.05) is 30.3 Å². The van der Waals surface area contributed by atoms with E-state index in [1.54, 1.807) is 12.3 Å². The second-order valence-electron chi connectivity index (χ2n) is 8.77. The largest absolute Gasteiger partial charge is 0.340 e. The lowest BCUT2D eigenvalue weighted by Crippen LogP contribution is -2.44. The van der Waals surface area contributed by atoms with Crippen molar-refractivity contribution in [2.45, 2.75) is 19.3 Å². The number of rotatable bonds is 10. The zero-order valence-electron chi connectivity index (χ0n) is 19.9. The number of piperazine rings is 1. The van der Waals surface area contributed by atoms with E-state index < -0.39 is 0 Å². The van der Waals surface area contributed by atoms with E-state index >= 15 is 0 Å². The van der Waals surface area contributed by atoms with Crippen LogP contribution in [0.5, 0.6) is 0 Å². The third-order valence-electron chi connectivity index (χ3n) is 6.08. The fraction of sp³-hybridized carbons (Fsp3) is 0.321. The normalized spacial score (nSPS) is 15.0. The Morgan fingerprint density at radius 2 is 1.76 bits per heavy atom.